The monoisotopic (exact) mass is 322 g/mol. The quantitative estimate of drug-likeness (QED) is 0.634. The molecular weight excluding hydrogens is 308 g/mol. The molecule has 0 aliphatic rings. The first-order valence-corrected chi connectivity index (χ1v) is 6.14. The Bertz CT molecular complexity index is 534. The van der Waals surface area contributed by atoms with E-state index in [0.29, 0.717) is 5.56 Å². The highest BCUT2D eigenvalue weighted by molar-refractivity contribution is 6.35. The Morgan fingerprint density at radius 3 is 2.41 bits per heavy atom. The molecule has 0 radical (unpaired) electrons. The summed E-state index contributed by atoms with van der Waals surface area (Å²) in [6.45, 7) is -1.80. The van der Waals surface area contributed by atoms with Crippen molar-refractivity contribution in [2.75, 3.05) is 20.2 Å². The Morgan fingerprint density at radius 2 is 1.86 bits per heavy atom. The Balaban J connectivity index is 2.52. The van der Waals surface area contributed by atoms with Crippen LogP contribution in [0.1, 0.15) is 11.7 Å². The molecule has 0 bridgehead atoms. The van der Waals surface area contributed by atoms with Crippen molar-refractivity contribution < 1.29 is 31.9 Å². The second kappa shape index (κ2) is 7.74. The van der Waals surface area contributed by atoms with Crippen LogP contribution in [-0.2, 0) is 14.3 Å². The third-order valence-electron chi connectivity index (χ3n) is 2.61. The molecule has 5 nitrogen and oxygen atoms in total. The number of carbonyl (C=O) groups is 2. The number of hydrogen-bond acceptors (Lipinski definition) is 3. The zero-order valence-electron chi connectivity index (χ0n) is 11.5. The van der Waals surface area contributed by atoms with Crippen molar-refractivity contribution in [2.45, 2.75) is 12.3 Å². The second-order valence-corrected chi connectivity index (χ2v) is 4.29. The Morgan fingerprint density at radius 1 is 1.23 bits per heavy atom. The predicted octanol–water partition coefficient (Wildman–Crippen LogP) is 1.31. The van der Waals surface area contributed by atoms with Gasteiger partial charge in [-0.15, -0.1) is 0 Å². The number of rotatable bonds is 5. The number of alkyl halides is 3. The highest BCUT2D eigenvalue weighted by Gasteiger charge is 2.29. The van der Waals surface area contributed by atoms with Crippen LogP contribution in [-0.4, -0.2) is 38.2 Å². The molecule has 2 N–H and O–H groups in total. The number of halogens is 4. The van der Waals surface area contributed by atoms with E-state index in [1.54, 1.807) is 6.07 Å². The first-order chi connectivity index (χ1) is 10.2. The van der Waals surface area contributed by atoms with Gasteiger partial charge in [-0.1, -0.05) is 12.1 Å². The van der Waals surface area contributed by atoms with E-state index in [2.05, 4.69) is 5.32 Å². The van der Waals surface area contributed by atoms with E-state index in [-0.39, 0.29) is 6.54 Å². The maximum Gasteiger partial charge on any atom is 0.405 e. The van der Waals surface area contributed by atoms with Crippen LogP contribution in [0.2, 0.25) is 0 Å². The average Bonchev–Trinajstić information content (AvgIpc) is 2.44. The molecule has 1 rings (SSSR count). The minimum atomic E-state index is -4.60. The molecule has 22 heavy (non-hydrogen) atoms. The molecular formula is C13H14F4N2O3. The summed E-state index contributed by atoms with van der Waals surface area (Å²) < 4.78 is 53.8. The summed E-state index contributed by atoms with van der Waals surface area (Å²) in [6, 6.07) is 5.39. The van der Waals surface area contributed by atoms with Gasteiger partial charge in [-0.25, -0.2) is 4.39 Å². The highest BCUT2D eigenvalue weighted by Crippen LogP contribution is 2.16. The van der Waals surface area contributed by atoms with Gasteiger partial charge < -0.3 is 15.4 Å². The van der Waals surface area contributed by atoms with Crippen molar-refractivity contribution in [2.24, 2.45) is 0 Å². The smallest absolute Gasteiger partial charge is 0.375 e. The summed E-state index contributed by atoms with van der Waals surface area (Å²) in [4.78, 5) is 22.5. The zero-order chi connectivity index (χ0) is 16.8. The minimum Gasteiger partial charge on any atom is -0.375 e. The fourth-order valence-electron chi connectivity index (χ4n) is 1.57. The van der Waals surface area contributed by atoms with E-state index in [0.717, 1.165) is 0 Å². The van der Waals surface area contributed by atoms with Crippen LogP contribution >= 0.6 is 0 Å². The van der Waals surface area contributed by atoms with Gasteiger partial charge in [0.2, 0.25) is 0 Å². The van der Waals surface area contributed by atoms with Gasteiger partial charge in [-0.2, -0.15) is 13.2 Å². The normalized spacial score (nSPS) is 12.6. The van der Waals surface area contributed by atoms with E-state index in [9.17, 15) is 27.2 Å². The van der Waals surface area contributed by atoms with Crippen LogP contribution in [0, 0.1) is 5.82 Å². The van der Waals surface area contributed by atoms with Gasteiger partial charge in [0.15, 0.2) is 0 Å². The molecule has 9 heteroatoms. The minimum absolute atomic E-state index is 0.196. The van der Waals surface area contributed by atoms with E-state index in [1.807, 2.05) is 0 Å². The number of methoxy groups -OCH3 is 1. The number of hydrogen-bond donors (Lipinski definition) is 2. The van der Waals surface area contributed by atoms with Crippen molar-refractivity contribution in [1.82, 2.24) is 10.6 Å². The first-order valence-electron chi connectivity index (χ1n) is 6.14. The molecule has 0 aliphatic carbocycles. The first kappa shape index (κ1) is 17.9. The molecule has 1 unspecified atom stereocenters. The number of carbonyl (C=O) groups excluding carboxylic acids is 2. The van der Waals surface area contributed by atoms with E-state index in [4.69, 9.17) is 4.74 Å². The molecule has 2 amide bonds. The number of nitrogens with one attached hydrogen (secondary N) is 2. The fourth-order valence-corrected chi connectivity index (χ4v) is 1.57. The molecule has 0 fully saturated rings. The molecule has 1 aromatic carbocycles. The average molecular weight is 322 g/mol. The lowest BCUT2D eigenvalue weighted by atomic mass is 10.1. The van der Waals surface area contributed by atoms with Crippen molar-refractivity contribution in [3.8, 4) is 0 Å². The third kappa shape index (κ3) is 6.08. The van der Waals surface area contributed by atoms with Gasteiger partial charge in [-0.3, -0.25) is 9.59 Å². The van der Waals surface area contributed by atoms with E-state index >= 15 is 0 Å². The van der Waals surface area contributed by atoms with Crippen LogP contribution in [0.3, 0.4) is 0 Å². The summed E-state index contributed by atoms with van der Waals surface area (Å²) in [7, 11) is 1.31. The van der Waals surface area contributed by atoms with Crippen LogP contribution in [0.5, 0.6) is 0 Å². The second-order valence-electron chi connectivity index (χ2n) is 4.29. The standard InChI is InChI=1S/C13H14F4N2O3/c1-22-10(8-3-2-4-9(14)5-8)6-18-11(20)12(21)19-7-13(15,16)17/h2-5,10H,6-7H2,1H3,(H,18,20)(H,19,21). The van der Waals surface area contributed by atoms with Gasteiger partial charge in [0.25, 0.3) is 0 Å². The summed E-state index contributed by atoms with van der Waals surface area (Å²) in [5, 5.41) is 3.56. The van der Waals surface area contributed by atoms with Crippen LogP contribution < -0.4 is 10.6 Å². The third-order valence-corrected chi connectivity index (χ3v) is 2.61. The largest absolute Gasteiger partial charge is 0.405 e. The Hall–Kier alpha value is -2.16. The lowest BCUT2D eigenvalue weighted by Crippen LogP contribution is -2.44. The van der Waals surface area contributed by atoms with Crippen LogP contribution in [0.15, 0.2) is 24.3 Å². The SMILES string of the molecule is COC(CNC(=O)C(=O)NCC(F)(F)F)c1cccc(F)c1. The van der Waals surface area contributed by atoms with Crippen LogP contribution in [0.25, 0.3) is 0 Å². The molecule has 1 aromatic rings. The lowest BCUT2D eigenvalue weighted by Gasteiger charge is -2.16. The van der Waals surface area contributed by atoms with Crippen molar-refractivity contribution in [3.63, 3.8) is 0 Å². The van der Waals surface area contributed by atoms with Crippen LogP contribution in [0.4, 0.5) is 17.6 Å². The fraction of sp³-hybridized carbons (Fsp3) is 0.385. The molecule has 0 aliphatic heterocycles. The summed E-state index contributed by atoms with van der Waals surface area (Å²) >= 11 is 0. The summed E-state index contributed by atoms with van der Waals surface area (Å²) in [6.07, 6.45) is -5.35. The van der Waals surface area contributed by atoms with Crippen molar-refractivity contribution in [3.05, 3.63) is 35.6 Å². The van der Waals surface area contributed by atoms with Gasteiger partial charge in [-0.05, 0) is 17.7 Å². The molecule has 0 heterocycles. The lowest BCUT2D eigenvalue weighted by molar-refractivity contribution is -0.146. The molecule has 0 saturated heterocycles. The number of ether oxygens (including phenoxy) is 1. The van der Waals surface area contributed by atoms with Gasteiger partial charge in [0.05, 0.1) is 6.10 Å². The van der Waals surface area contributed by atoms with Crippen molar-refractivity contribution in [1.29, 1.82) is 0 Å². The molecule has 122 valence electrons. The van der Waals surface area contributed by atoms with Gasteiger partial charge in [0, 0.05) is 13.7 Å². The molecule has 0 aromatic heterocycles. The Labute approximate surface area is 123 Å². The predicted molar refractivity (Wildman–Crippen MR) is 68.2 cm³/mol. The summed E-state index contributed by atoms with van der Waals surface area (Å²) in [5.41, 5.74) is 0.415. The van der Waals surface area contributed by atoms with E-state index < -0.39 is 36.5 Å². The van der Waals surface area contributed by atoms with Gasteiger partial charge in [0.1, 0.15) is 12.4 Å². The van der Waals surface area contributed by atoms with E-state index in [1.165, 1.54) is 30.6 Å². The maximum atomic E-state index is 13.1. The summed E-state index contributed by atoms with van der Waals surface area (Å²) in [5.74, 6) is -3.15. The Kier molecular flexibility index (Phi) is 6.29. The maximum absolute atomic E-state index is 13.1. The topological polar surface area (TPSA) is 67.4 Å². The number of amides is 2. The van der Waals surface area contributed by atoms with Gasteiger partial charge >= 0.3 is 18.0 Å². The molecule has 0 spiro atoms. The number of benzene rings is 1. The highest BCUT2D eigenvalue weighted by atomic mass is 19.4. The van der Waals surface area contributed by atoms with Crippen molar-refractivity contribution >= 4 is 11.8 Å². The molecule has 1 atom stereocenters. The molecule has 0 saturated carbocycles. The zero-order valence-corrected chi connectivity index (χ0v) is 11.5.